The first kappa shape index (κ1) is 21.5. The molecular weight excluding hydrogens is 340 g/mol. The minimum absolute atomic E-state index is 0.131. The summed E-state index contributed by atoms with van der Waals surface area (Å²) in [5, 5.41) is 3.43. The van der Waals surface area contributed by atoms with E-state index in [1.165, 1.54) is 0 Å². The zero-order chi connectivity index (χ0) is 19.6. The van der Waals surface area contributed by atoms with Crippen LogP contribution >= 0.6 is 0 Å². The number of hydrogen-bond acceptors (Lipinski definition) is 4. The molecule has 152 valence electrons. The van der Waals surface area contributed by atoms with Crippen LogP contribution in [0, 0.1) is 5.92 Å². The third-order valence-corrected chi connectivity index (χ3v) is 4.92. The predicted octanol–water partition coefficient (Wildman–Crippen LogP) is 4.00. The van der Waals surface area contributed by atoms with Gasteiger partial charge < -0.3 is 19.7 Å². The zero-order valence-corrected chi connectivity index (χ0v) is 17.4. The van der Waals surface area contributed by atoms with Gasteiger partial charge in [0.2, 0.25) is 5.91 Å². The van der Waals surface area contributed by atoms with Crippen molar-refractivity contribution in [2.75, 3.05) is 26.3 Å². The second-order valence-electron chi connectivity index (χ2n) is 7.40. The third kappa shape index (κ3) is 6.42. The van der Waals surface area contributed by atoms with Crippen LogP contribution in [-0.2, 0) is 11.3 Å². The Balaban J connectivity index is 2.12. The Morgan fingerprint density at radius 1 is 1.19 bits per heavy atom. The molecule has 5 heteroatoms. The molecular formula is C22H36N2O3. The van der Waals surface area contributed by atoms with Crippen molar-refractivity contribution in [2.24, 2.45) is 5.92 Å². The highest BCUT2D eigenvalue weighted by Gasteiger charge is 2.28. The maximum Gasteiger partial charge on any atom is 0.226 e. The Hall–Kier alpha value is -1.75. The fourth-order valence-electron chi connectivity index (χ4n) is 3.62. The molecule has 1 N–H and O–H groups in total. The van der Waals surface area contributed by atoms with Gasteiger partial charge in [0, 0.05) is 25.0 Å². The molecule has 1 aliphatic heterocycles. The molecule has 0 aromatic heterocycles. The van der Waals surface area contributed by atoms with E-state index in [1.807, 2.05) is 24.0 Å². The Morgan fingerprint density at radius 3 is 2.67 bits per heavy atom. The highest BCUT2D eigenvalue weighted by atomic mass is 16.5. The molecule has 0 unspecified atom stereocenters. The maximum atomic E-state index is 13.1. The highest BCUT2D eigenvalue weighted by molar-refractivity contribution is 5.79. The van der Waals surface area contributed by atoms with Gasteiger partial charge in [-0.1, -0.05) is 19.9 Å². The summed E-state index contributed by atoms with van der Waals surface area (Å²) in [6.07, 6.45) is 3.77. The first-order valence-electron chi connectivity index (χ1n) is 10.5. The number of hydrogen-bond donors (Lipinski definition) is 1. The van der Waals surface area contributed by atoms with Crippen LogP contribution in [-0.4, -0.2) is 43.2 Å². The van der Waals surface area contributed by atoms with Crippen LogP contribution in [0.25, 0.3) is 0 Å². The molecule has 0 bridgehead atoms. The van der Waals surface area contributed by atoms with Crippen molar-refractivity contribution in [3.05, 3.63) is 23.8 Å². The zero-order valence-electron chi connectivity index (χ0n) is 17.4. The summed E-state index contributed by atoms with van der Waals surface area (Å²) in [6, 6.07) is 6.46. The van der Waals surface area contributed by atoms with Crippen molar-refractivity contribution in [2.45, 2.75) is 66.0 Å². The average Bonchev–Trinajstić information content (AvgIpc) is 2.67. The van der Waals surface area contributed by atoms with Crippen molar-refractivity contribution >= 4 is 5.91 Å². The van der Waals surface area contributed by atoms with Gasteiger partial charge in [0.15, 0.2) is 11.5 Å². The second-order valence-corrected chi connectivity index (χ2v) is 7.40. The second kappa shape index (κ2) is 11.2. The minimum atomic E-state index is 0.131. The molecule has 27 heavy (non-hydrogen) atoms. The normalized spacial score (nSPS) is 19.6. The molecule has 2 atom stereocenters. The molecule has 1 aromatic rings. The van der Waals surface area contributed by atoms with Crippen LogP contribution < -0.4 is 14.8 Å². The fourth-order valence-corrected chi connectivity index (χ4v) is 3.62. The Labute approximate surface area is 164 Å². The molecule has 0 radical (unpaired) electrons. The quantitative estimate of drug-likeness (QED) is 0.670. The molecule has 2 rings (SSSR count). The Kier molecular flexibility index (Phi) is 8.92. The number of benzene rings is 1. The number of piperidine rings is 1. The first-order chi connectivity index (χ1) is 13.1. The molecule has 0 spiro atoms. The molecule has 5 nitrogen and oxygen atoms in total. The maximum absolute atomic E-state index is 13.1. The van der Waals surface area contributed by atoms with Gasteiger partial charge in [-0.25, -0.2) is 0 Å². The van der Waals surface area contributed by atoms with Gasteiger partial charge in [-0.2, -0.15) is 0 Å². The Bertz CT molecular complexity index is 591. The van der Waals surface area contributed by atoms with Gasteiger partial charge >= 0.3 is 0 Å². The van der Waals surface area contributed by atoms with Crippen molar-refractivity contribution < 1.29 is 14.3 Å². The summed E-state index contributed by atoms with van der Waals surface area (Å²) in [4.78, 5) is 15.1. The standard InChI is InChI=1S/C22H36N2O3/c1-5-12-24(22(25)19-10-11-23-17(4)14-19)16-18-8-9-20(27-13-6-2)21(15-18)26-7-3/h8-9,15,17,19,23H,5-7,10-14,16H2,1-4H3/t17-,19-/m0/s1. The van der Waals surface area contributed by atoms with E-state index in [4.69, 9.17) is 9.47 Å². The van der Waals surface area contributed by atoms with Gasteiger partial charge in [0.25, 0.3) is 0 Å². The number of carbonyl (C=O) groups is 1. The van der Waals surface area contributed by atoms with Crippen LogP contribution in [0.1, 0.15) is 58.9 Å². The first-order valence-corrected chi connectivity index (χ1v) is 10.5. The number of amides is 1. The van der Waals surface area contributed by atoms with Crippen LogP contribution in [0.15, 0.2) is 18.2 Å². The lowest BCUT2D eigenvalue weighted by atomic mass is 9.91. The average molecular weight is 377 g/mol. The van der Waals surface area contributed by atoms with Crippen LogP contribution in [0.3, 0.4) is 0 Å². The van der Waals surface area contributed by atoms with Crippen LogP contribution in [0.5, 0.6) is 11.5 Å². The van der Waals surface area contributed by atoms with Crippen LogP contribution in [0.2, 0.25) is 0 Å². The van der Waals surface area contributed by atoms with Gasteiger partial charge in [0.1, 0.15) is 0 Å². The number of nitrogens with one attached hydrogen (secondary N) is 1. The lowest BCUT2D eigenvalue weighted by molar-refractivity contribution is -0.137. The third-order valence-electron chi connectivity index (χ3n) is 4.92. The van der Waals surface area contributed by atoms with Crippen molar-refractivity contribution in [3.63, 3.8) is 0 Å². The van der Waals surface area contributed by atoms with Gasteiger partial charge in [-0.05, 0) is 63.8 Å². The monoisotopic (exact) mass is 376 g/mol. The summed E-state index contributed by atoms with van der Waals surface area (Å²) < 4.78 is 11.6. The topological polar surface area (TPSA) is 50.8 Å². The highest BCUT2D eigenvalue weighted by Crippen LogP contribution is 2.30. The molecule has 0 saturated carbocycles. The van der Waals surface area contributed by atoms with Crippen molar-refractivity contribution in [3.8, 4) is 11.5 Å². The summed E-state index contributed by atoms with van der Waals surface area (Å²) in [6.45, 7) is 12.0. The molecule has 1 amide bonds. The molecule has 1 heterocycles. The summed E-state index contributed by atoms with van der Waals surface area (Å²) in [5.74, 6) is 1.96. The number of ether oxygens (including phenoxy) is 2. The number of nitrogens with zero attached hydrogens (tertiary/aromatic N) is 1. The van der Waals surface area contributed by atoms with Crippen LogP contribution in [0.4, 0.5) is 0 Å². The lowest BCUT2D eigenvalue weighted by Gasteiger charge is -2.32. The smallest absolute Gasteiger partial charge is 0.226 e. The summed E-state index contributed by atoms with van der Waals surface area (Å²) >= 11 is 0. The van der Waals surface area contributed by atoms with E-state index >= 15 is 0 Å². The molecule has 0 aliphatic carbocycles. The summed E-state index contributed by atoms with van der Waals surface area (Å²) in [7, 11) is 0. The molecule has 1 aromatic carbocycles. The summed E-state index contributed by atoms with van der Waals surface area (Å²) in [5.41, 5.74) is 1.09. The van der Waals surface area contributed by atoms with E-state index < -0.39 is 0 Å². The molecule has 1 aliphatic rings. The van der Waals surface area contributed by atoms with Crippen molar-refractivity contribution in [1.29, 1.82) is 0 Å². The van der Waals surface area contributed by atoms with Gasteiger partial charge in [-0.3, -0.25) is 4.79 Å². The van der Waals surface area contributed by atoms with E-state index in [-0.39, 0.29) is 11.8 Å². The van der Waals surface area contributed by atoms with E-state index in [0.717, 1.165) is 55.8 Å². The minimum Gasteiger partial charge on any atom is -0.490 e. The van der Waals surface area contributed by atoms with E-state index in [1.54, 1.807) is 0 Å². The van der Waals surface area contributed by atoms with Gasteiger partial charge in [-0.15, -0.1) is 0 Å². The fraction of sp³-hybridized carbons (Fsp3) is 0.682. The predicted molar refractivity (Wildman–Crippen MR) is 109 cm³/mol. The van der Waals surface area contributed by atoms with Gasteiger partial charge in [0.05, 0.1) is 13.2 Å². The molecule has 1 saturated heterocycles. The van der Waals surface area contributed by atoms with E-state index in [2.05, 4.69) is 32.2 Å². The number of rotatable bonds is 10. The number of carbonyl (C=O) groups excluding carboxylic acids is 1. The van der Waals surface area contributed by atoms with Crippen molar-refractivity contribution in [1.82, 2.24) is 10.2 Å². The SMILES string of the molecule is CCCOc1ccc(CN(CCC)C(=O)[C@H]2CCN[C@@H](C)C2)cc1OCC. The largest absolute Gasteiger partial charge is 0.490 e. The molecule has 1 fully saturated rings. The lowest BCUT2D eigenvalue weighted by Crippen LogP contribution is -2.44. The Morgan fingerprint density at radius 2 is 2.00 bits per heavy atom. The van der Waals surface area contributed by atoms with E-state index in [9.17, 15) is 4.79 Å². The van der Waals surface area contributed by atoms with E-state index in [0.29, 0.717) is 25.8 Å².